The third-order valence-electron chi connectivity index (χ3n) is 2.24. The van der Waals surface area contributed by atoms with E-state index in [2.05, 4.69) is 9.97 Å². The standard InChI is InChI=1S/C11H10IN3O/c1-15(8-5-3-2-4-6-8)10-9(12)11(16)14-7-13-10/h2-7H,1H3,(H,13,14,16). The lowest BCUT2D eigenvalue weighted by molar-refractivity contribution is 1.04. The number of rotatable bonds is 2. The first-order valence-electron chi connectivity index (χ1n) is 4.72. The molecule has 0 saturated carbocycles. The van der Waals surface area contributed by atoms with Gasteiger partial charge in [0.15, 0.2) is 5.82 Å². The Kier molecular flexibility index (Phi) is 3.23. The number of anilines is 2. The maximum absolute atomic E-state index is 11.4. The highest BCUT2D eigenvalue weighted by molar-refractivity contribution is 14.1. The number of hydrogen-bond acceptors (Lipinski definition) is 3. The molecule has 4 nitrogen and oxygen atoms in total. The van der Waals surface area contributed by atoms with E-state index < -0.39 is 0 Å². The van der Waals surface area contributed by atoms with Crippen molar-refractivity contribution in [2.24, 2.45) is 0 Å². The van der Waals surface area contributed by atoms with Crippen molar-refractivity contribution in [3.05, 3.63) is 50.6 Å². The van der Waals surface area contributed by atoms with Crippen LogP contribution in [0.2, 0.25) is 0 Å². The fourth-order valence-corrected chi connectivity index (χ4v) is 2.04. The zero-order valence-corrected chi connectivity index (χ0v) is 10.8. The van der Waals surface area contributed by atoms with Crippen LogP contribution in [0, 0.1) is 3.57 Å². The van der Waals surface area contributed by atoms with Gasteiger partial charge in [0.25, 0.3) is 5.56 Å². The summed E-state index contributed by atoms with van der Waals surface area (Å²) in [6, 6.07) is 9.79. The number of aromatic amines is 1. The molecule has 2 rings (SSSR count). The Balaban J connectivity index is 2.46. The van der Waals surface area contributed by atoms with Gasteiger partial charge in [-0.3, -0.25) is 4.79 Å². The normalized spacial score (nSPS) is 10.1. The Labute approximate surface area is 106 Å². The lowest BCUT2D eigenvalue weighted by Gasteiger charge is -2.18. The highest BCUT2D eigenvalue weighted by Gasteiger charge is 2.11. The second kappa shape index (κ2) is 4.65. The second-order valence-corrected chi connectivity index (χ2v) is 4.34. The summed E-state index contributed by atoms with van der Waals surface area (Å²) in [7, 11) is 1.89. The molecule has 0 aliphatic heterocycles. The van der Waals surface area contributed by atoms with Crippen LogP contribution in [0.15, 0.2) is 41.5 Å². The van der Waals surface area contributed by atoms with Gasteiger partial charge in [-0.05, 0) is 34.7 Å². The molecule has 0 bridgehead atoms. The topological polar surface area (TPSA) is 49.0 Å². The zero-order valence-electron chi connectivity index (χ0n) is 8.64. The first-order chi connectivity index (χ1) is 7.70. The van der Waals surface area contributed by atoms with E-state index in [-0.39, 0.29) is 5.56 Å². The minimum absolute atomic E-state index is 0.117. The molecule has 16 heavy (non-hydrogen) atoms. The van der Waals surface area contributed by atoms with Crippen molar-refractivity contribution in [1.29, 1.82) is 0 Å². The van der Waals surface area contributed by atoms with Gasteiger partial charge in [0.05, 0.1) is 6.33 Å². The van der Waals surface area contributed by atoms with Crippen molar-refractivity contribution >= 4 is 34.1 Å². The van der Waals surface area contributed by atoms with E-state index in [4.69, 9.17) is 0 Å². The Morgan fingerprint density at radius 1 is 1.31 bits per heavy atom. The summed E-state index contributed by atoms with van der Waals surface area (Å²) in [6.45, 7) is 0. The molecule has 0 atom stereocenters. The molecule has 0 radical (unpaired) electrons. The summed E-state index contributed by atoms with van der Waals surface area (Å²) in [6.07, 6.45) is 1.42. The quantitative estimate of drug-likeness (QED) is 0.860. The maximum Gasteiger partial charge on any atom is 0.266 e. The van der Waals surface area contributed by atoms with Crippen molar-refractivity contribution in [1.82, 2.24) is 9.97 Å². The van der Waals surface area contributed by atoms with Gasteiger partial charge in [-0.2, -0.15) is 0 Å². The number of nitrogens with zero attached hydrogens (tertiary/aromatic N) is 2. The van der Waals surface area contributed by atoms with E-state index in [0.29, 0.717) is 9.39 Å². The van der Waals surface area contributed by atoms with Gasteiger partial charge in [0, 0.05) is 12.7 Å². The van der Waals surface area contributed by atoms with Crippen molar-refractivity contribution < 1.29 is 0 Å². The Hall–Kier alpha value is -1.37. The molecule has 1 heterocycles. The molecule has 0 amide bonds. The van der Waals surface area contributed by atoms with Gasteiger partial charge in [-0.15, -0.1) is 0 Å². The SMILES string of the molecule is CN(c1ccccc1)c1nc[nH]c(=O)c1I. The predicted molar refractivity (Wildman–Crippen MR) is 72.1 cm³/mol. The molecule has 82 valence electrons. The van der Waals surface area contributed by atoms with E-state index in [1.807, 2.05) is 64.9 Å². The highest BCUT2D eigenvalue weighted by Crippen LogP contribution is 2.22. The summed E-state index contributed by atoms with van der Waals surface area (Å²) < 4.78 is 0.589. The van der Waals surface area contributed by atoms with E-state index in [1.54, 1.807) is 0 Å². The van der Waals surface area contributed by atoms with E-state index in [9.17, 15) is 4.79 Å². The summed E-state index contributed by atoms with van der Waals surface area (Å²) in [5.41, 5.74) is 0.881. The minimum atomic E-state index is -0.117. The molecule has 0 aliphatic rings. The average Bonchev–Trinajstić information content (AvgIpc) is 2.33. The first kappa shape index (κ1) is 11.1. The predicted octanol–water partition coefficient (Wildman–Crippen LogP) is 2.14. The fourth-order valence-electron chi connectivity index (χ4n) is 1.38. The minimum Gasteiger partial charge on any atom is -0.328 e. The van der Waals surface area contributed by atoms with Gasteiger partial charge >= 0.3 is 0 Å². The number of H-pyrrole nitrogens is 1. The summed E-state index contributed by atoms with van der Waals surface area (Å²) in [5.74, 6) is 0.663. The van der Waals surface area contributed by atoms with Crippen LogP contribution >= 0.6 is 22.6 Å². The van der Waals surface area contributed by atoms with Gasteiger partial charge in [-0.1, -0.05) is 18.2 Å². The smallest absolute Gasteiger partial charge is 0.266 e. The van der Waals surface area contributed by atoms with Crippen LogP contribution in [-0.4, -0.2) is 17.0 Å². The number of para-hydroxylation sites is 1. The van der Waals surface area contributed by atoms with Crippen molar-refractivity contribution in [3.63, 3.8) is 0 Å². The molecule has 2 aromatic rings. The van der Waals surface area contributed by atoms with Crippen LogP contribution in [0.5, 0.6) is 0 Å². The van der Waals surface area contributed by atoms with Gasteiger partial charge in [-0.25, -0.2) is 4.98 Å². The second-order valence-electron chi connectivity index (χ2n) is 3.26. The zero-order chi connectivity index (χ0) is 11.5. The lowest BCUT2D eigenvalue weighted by atomic mass is 10.3. The molecule has 0 spiro atoms. The largest absolute Gasteiger partial charge is 0.328 e. The molecule has 0 saturated heterocycles. The number of nitrogens with one attached hydrogen (secondary N) is 1. The molecule has 1 aromatic heterocycles. The molecule has 0 aliphatic carbocycles. The first-order valence-corrected chi connectivity index (χ1v) is 5.80. The molecular formula is C11H10IN3O. The highest BCUT2D eigenvalue weighted by atomic mass is 127. The van der Waals surface area contributed by atoms with Crippen molar-refractivity contribution in [2.45, 2.75) is 0 Å². The molecule has 1 N–H and O–H groups in total. The number of hydrogen-bond donors (Lipinski definition) is 1. The van der Waals surface area contributed by atoms with E-state index >= 15 is 0 Å². The monoisotopic (exact) mass is 327 g/mol. The lowest BCUT2D eigenvalue weighted by Crippen LogP contribution is -2.19. The summed E-state index contributed by atoms with van der Waals surface area (Å²) in [4.78, 5) is 20.1. The van der Waals surface area contributed by atoms with Crippen molar-refractivity contribution in [2.75, 3.05) is 11.9 Å². The van der Waals surface area contributed by atoms with E-state index in [0.717, 1.165) is 5.69 Å². The molecule has 1 aromatic carbocycles. The van der Waals surface area contributed by atoms with Crippen LogP contribution < -0.4 is 10.5 Å². The number of halogens is 1. The van der Waals surface area contributed by atoms with Crippen LogP contribution in [0.4, 0.5) is 11.5 Å². The van der Waals surface area contributed by atoms with Crippen LogP contribution in [0.1, 0.15) is 0 Å². The average molecular weight is 327 g/mol. The third kappa shape index (κ3) is 2.08. The van der Waals surface area contributed by atoms with Gasteiger partial charge < -0.3 is 9.88 Å². The number of aromatic nitrogens is 2. The van der Waals surface area contributed by atoms with E-state index in [1.165, 1.54) is 6.33 Å². The Bertz CT molecular complexity index is 538. The maximum atomic E-state index is 11.4. The van der Waals surface area contributed by atoms with Crippen LogP contribution in [-0.2, 0) is 0 Å². The molecule has 0 unspecified atom stereocenters. The summed E-state index contributed by atoms with van der Waals surface area (Å²) in [5, 5.41) is 0. The van der Waals surface area contributed by atoms with Gasteiger partial charge in [0.2, 0.25) is 0 Å². The van der Waals surface area contributed by atoms with Crippen LogP contribution in [0.25, 0.3) is 0 Å². The molecule has 5 heteroatoms. The molecule has 0 fully saturated rings. The van der Waals surface area contributed by atoms with Crippen LogP contribution in [0.3, 0.4) is 0 Å². The molecular weight excluding hydrogens is 317 g/mol. The van der Waals surface area contributed by atoms with Crippen molar-refractivity contribution in [3.8, 4) is 0 Å². The Morgan fingerprint density at radius 3 is 2.69 bits per heavy atom. The van der Waals surface area contributed by atoms with Gasteiger partial charge in [0.1, 0.15) is 3.57 Å². The third-order valence-corrected chi connectivity index (χ3v) is 3.21. The number of benzene rings is 1. The fraction of sp³-hybridized carbons (Fsp3) is 0.0909. The summed E-state index contributed by atoms with van der Waals surface area (Å²) >= 11 is 2.00. The Morgan fingerprint density at radius 2 is 2.00 bits per heavy atom.